The van der Waals surface area contributed by atoms with Crippen LogP contribution in [0.2, 0.25) is 10.0 Å². The first-order valence-corrected chi connectivity index (χ1v) is 9.39. The highest BCUT2D eigenvalue weighted by Crippen LogP contribution is 2.42. The predicted octanol–water partition coefficient (Wildman–Crippen LogP) is 5.25. The van der Waals surface area contributed by atoms with Crippen LogP contribution >= 0.6 is 23.2 Å². The molecule has 1 unspecified atom stereocenters. The van der Waals surface area contributed by atoms with E-state index in [4.69, 9.17) is 23.2 Å². The summed E-state index contributed by atoms with van der Waals surface area (Å²) in [7, 11) is 0. The van der Waals surface area contributed by atoms with Crippen LogP contribution < -0.4 is 0 Å². The van der Waals surface area contributed by atoms with Crippen molar-refractivity contribution in [1.29, 1.82) is 0 Å². The van der Waals surface area contributed by atoms with E-state index in [0.717, 1.165) is 34.7 Å². The molecule has 0 aromatic heterocycles. The number of hydrogen-bond acceptors (Lipinski definition) is 2. The Kier molecular flexibility index (Phi) is 4.76. The van der Waals surface area contributed by atoms with Crippen LogP contribution in [0.1, 0.15) is 22.3 Å². The van der Waals surface area contributed by atoms with Crippen LogP contribution in [0, 0.1) is 0 Å². The van der Waals surface area contributed by atoms with Gasteiger partial charge >= 0.3 is 0 Å². The third-order valence-corrected chi connectivity index (χ3v) is 5.55. The van der Waals surface area contributed by atoms with Crippen molar-refractivity contribution in [3.05, 3.63) is 105 Å². The normalized spacial score (nSPS) is 19.5. The molecule has 0 radical (unpaired) electrons. The number of fused-ring (bicyclic) bond motifs is 1. The Morgan fingerprint density at radius 2 is 1.46 bits per heavy atom. The van der Waals surface area contributed by atoms with E-state index in [1.54, 1.807) is 0 Å². The van der Waals surface area contributed by atoms with Crippen molar-refractivity contribution in [2.75, 3.05) is 6.54 Å². The van der Waals surface area contributed by atoms with Gasteiger partial charge < -0.3 is 5.11 Å². The first-order chi connectivity index (χ1) is 12.6. The van der Waals surface area contributed by atoms with E-state index in [1.165, 1.54) is 5.56 Å². The van der Waals surface area contributed by atoms with Gasteiger partial charge in [-0.2, -0.15) is 0 Å². The van der Waals surface area contributed by atoms with Crippen LogP contribution in [-0.2, 0) is 18.7 Å². The molecule has 0 saturated heterocycles. The zero-order chi connectivity index (χ0) is 18.1. The average Bonchev–Trinajstić information content (AvgIpc) is 2.95. The lowest BCUT2D eigenvalue weighted by atomic mass is 9.93. The molecule has 1 N–H and O–H groups in total. The van der Waals surface area contributed by atoms with Gasteiger partial charge in [0.25, 0.3) is 0 Å². The van der Waals surface area contributed by atoms with Crippen LogP contribution in [0.25, 0.3) is 0 Å². The molecular formula is C22H19Cl2NO. The fourth-order valence-electron chi connectivity index (χ4n) is 3.67. The Morgan fingerprint density at radius 3 is 2.15 bits per heavy atom. The van der Waals surface area contributed by atoms with Crippen LogP contribution in [0.4, 0.5) is 0 Å². The molecule has 1 aliphatic rings. The molecule has 2 nitrogen and oxygen atoms in total. The van der Waals surface area contributed by atoms with Gasteiger partial charge in [-0.1, -0.05) is 71.7 Å². The van der Waals surface area contributed by atoms with E-state index < -0.39 is 5.72 Å². The first kappa shape index (κ1) is 17.6. The topological polar surface area (TPSA) is 23.5 Å². The minimum Gasteiger partial charge on any atom is -0.367 e. The second-order valence-corrected chi connectivity index (χ2v) is 7.51. The van der Waals surface area contributed by atoms with Crippen molar-refractivity contribution in [3.63, 3.8) is 0 Å². The summed E-state index contributed by atoms with van der Waals surface area (Å²) in [6.45, 7) is 1.44. The molecule has 0 fully saturated rings. The van der Waals surface area contributed by atoms with Gasteiger partial charge in [0, 0.05) is 34.3 Å². The summed E-state index contributed by atoms with van der Waals surface area (Å²) >= 11 is 12.0. The predicted molar refractivity (Wildman–Crippen MR) is 106 cm³/mol. The van der Waals surface area contributed by atoms with Crippen LogP contribution in [0.15, 0.2) is 72.8 Å². The molecule has 0 bridgehead atoms. The summed E-state index contributed by atoms with van der Waals surface area (Å²) in [5, 5.41) is 13.1. The van der Waals surface area contributed by atoms with Gasteiger partial charge in [-0.25, -0.2) is 0 Å². The van der Waals surface area contributed by atoms with Crippen molar-refractivity contribution in [1.82, 2.24) is 4.90 Å². The number of nitrogens with zero attached hydrogens (tertiary/aromatic N) is 1. The Hall–Kier alpha value is -1.84. The van der Waals surface area contributed by atoms with Gasteiger partial charge in [0.15, 0.2) is 5.72 Å². The standard InChI is InChI=1S/C22H19Cl2NO/c23-19-9-5-16(6-10-19)13-14-25-15-17-3-1-2-4-21(17)22(25,26)18-7-11-20(24)12-8-18/h1-12,26H,13-15H2. The van der Waals surface area contributed by atoms with Crippen molar-refractivity contribution in [2.45, 2.75) is 18.7 Å². The largest absolute Gasteiger partial charge is 0.367 e. The summed E-state index contributed by atoms with van der Waals surface area (Å²) in [6, 6.07) is 23.4. The lowest BCUT2D eigenvalue weighted by molar-refractivity contribution is -0.0693. The Morgan fingerprint density at radius 1 is 0.846 bits per heavy atom. The number of halogens is 2. The summed E-state index contributed by atoms with van der Waals surface area (Å²) in [6.07, 6.45) is 0.834. The summed E-state index contributed by atoms with van der Waals surface area (Å²) in [5.41, 5.74) is 2.99. The van der Waals surface area contributed by atoms with E-state index in [-0.39, 0.29) is 0 Å². The summed E-state index contributed by atoms with van der Waals surface area (Å²) in [5.74, 6) is 0. The fraction of sp³-hybridized carbons (Fsp3) is 0.182. The van der Waals surface area contributed by atoms with Gasteiger partial charge in [0.05, 0.1) is 0 Å². The molecule has 3 aromatic rings. The third-order valence-electron chi connectivity index (χ3n) is 5.04. The molecule has 0 saturated carbocycles. The number of aliphatic hydroxyl groups is 1. The number of benzene rings is 3. The highest BCUT2D eigenvalue weighted by atomic mass is 35.5. The monoisotopic (exact) mass is 383 g/mol. The zero-order valence-electron chi connectivity index (χ0n) is 14.2. The van der Waals surface area contributed by atoms with Crippen molar-refractivity contribution in [2.24, 2.45) is 0 Å². The van der Waals surface area contributed by atoms with Crippen molar-refractivity contribution < 1.29 is 5.11 Å². The number of hydrogen-bond donors (Lipinski definition) is 1. The van der Waals surface area contributed by atoms with E-state index >= 15 is 0 Å². The van der Waals surface area contributed by atoms with Gasteiger partial charge in [-0.05, 0) is 41.8 Å². The SMILES string of the molecule is OC1(c2ccc(Cl)cc2)c2ccccc2CN1CCc1ccc(Cl)cc1. The van der Waals surface area contributed by atoms with Crippen molar-refractivity contribution >= 4 is 23.2 Å². The van der Waals surface area contributed by atoms with E-state index in [9.17, 15) is 5.11 Å². The quantitative estimate of drug-likeness (QED) is 0.665. The molecule has 4 heteroatoms. The van der Waals surface area contributed by atoms with E-state index in [2.05, 4.69) is 11.0 Å². The maximum Gasteiger partial charge on any atom is 0.171 e. The lowest BCUT2D eigenvalue weighted by Gasteiger charge is -2.35. The molecule has 1 atom stereocenters. The van der Waals surface area contributed by atoms with Crippen LogP contribution in [0.3, 0.4) is 0 Å². The Balaban J connectivity index is 1.67. The lowest BCUT2D eigenvalue weighted by Crippen LogP contribution is -2.43. The minimum absolute atomic E-state index is 0.663. The highest BCUT2D eigenvalue weighted by molar-refractivity contribution is 6.30. The number of rotatable bonds is 4. The summed E-state index contributed by atoms with van der Waals surface area (Å²) in [4.78, 5) is 2.12. The van der Waals surface area contributed by atoms with E-state index in [1.807, 2.05) is 66.7 Å². The molecule has 0 amide bonds. The smallest absolute Gasteiger partial charge is 0.171 e. The third kappa shape index (κ3) is 3.15. The van der Waals surface area contributed by atoms with E-state index in [0.29, 0.717) is 11.6 Å². The molecule has 1 heterocycles. The Labute approximate surface area is 163 Å². The fourth-order valence-corrected chi connectivity index (χ4v) is 3.92. The average molecular weight is 384 g/mol. The molecule has 132 valence electrons. The molecule has 1 aliphatic heterocycles. The van der Waals surface area contributed by atoms with Crippen molar-refractivity contribution in [3.8, 4) is 0 Å². The second-order valence-electron chi connectivity index (χ2n) is 6.63. The summed E-state index contributed by atoms with van der Waals surface area (Å²) < 4.78 is 0. The molecule has 0 spiro atoms. The molecule has 0 aliphatic carbocycles. The maximum atomic E-state index is 11.7. The minimum atomic E-state index is -1.15. The van der Waals surface area contributed by atoms with Gasteiger partial charge in [0.2, 0.25) is 0 Å². The molecule has 26 heavy (non-hydrogen) atoms. The van der Waals surface area contributed by atoms with Crippen LogP contribution in [0.5, 0.6) is 0 Å². The Bertz CT molecular complexity index is 908. The van der Waals surface area contributed by atoms with Gasteiger partial charge in [0.1, 0.15) is 0 Å². The molecule has 3 aromatic carbocycles. The first-order valence-electron chi connectivity index (χ1n) is 8.63. The highest BCUT2D eigenvalue weighted by Gasteiger charge is 2.44. The maximum absolute atomic E-state index is 11.7. The second kappa shape index (κ2) is 7.05. The van der Waals surface area contributed by atoms with Crippen LogP contribution in [-0.4, -0.2) is 16.6 Å². The van der Waals surface area contributed by atoms with Gasteiger partial charge in [-0.15, -0.1) is 0 Å². The molecular weight excluding hydrogens is 365 g/mol. The zero-order valence-corrected chi connectivity index (χ0v) is 15.7. The van der Waals surface area contributed by atoms with Gasteiger partial charge in [-0.3, -0.25) is 4.90 Å². The molecule has 4 rings (SSSR count).